The highest BCUT2D eigenvalue weighted by Gasteiger charge is 2.20. The molecule has 1 amide bonds. The Morgan fingerprint density at radius 1 is 1.32 bits per heavy atom. The molecule has 0 atom stereocenters. The number of ether oxygens (including phenoxy) is 1. The smallest absolute Gasteiger partial charge is 0.338 e. The second-order valence-corrected chi connectivity index (χ2v) is 5.97. The Hall–Kier alpha value is -1.88. The fourth-order valence-electron chi connectivity index (χ4n) is 2.83. The van der Waals surface area contributed by atoms with Gasteiger partial charge >= 0.3 is 5.97 Å². The first-order chi connectivity index (χ1) is 10.5. The largest absolute Gasteiger partial charge is 0.465 e. The van der Waals surface area contributed by atoms with Crippen molar-refractivity contribution in [3.8, 4) is 0 Å². The Morgan fingerprint density at radius 3 is 2.64 bits per heavy atom. The maximum Gasteiger partial charge on any atom is 0.338 e. The molecule has 1 fully saturated rings. The van der Waals surface area contributed by atoms with E-state index in [1.807, 2.05) is 13.0 Å². The highest BCUT2D eigenvalue weighted by atomic mass is 16.5. The van der Waals surface area contributed by atoms with Gasteiger partial charge in [-0.25, -0.2) is 4.79 Å². The van der Waals surface area contributed by atoms with Crippen molar-refractivity contribution in [1.82, 2.24) is 4.90 Å². The van der Waals surface area contributed by atoms with Crippen molar-refractivity contribution < 1.29 is 14.3 Å². The van der Waals surface area contributed by atoms with Crippen LogP contribution >= 0.6 is 0 Å². The van der Waals surface area contributed by atoms with Gasteiger partial charge in [-0.3, -0.25) is 4.79 Å². The van der Waals surface area contributed by atoms with Crippen LogP contribution < -0.4 is 5.32 Å². The molecule has 1 saturated heterocycles. The molecular weight excluding hydrogens is 280 g/mol. The average Bonchev–Trinajstić information content (AvgIpc) is 2.51. The molecule has 0 spiro atoms. The number of anilines is 1. The van der Waals surface area contributed by atoms with Crippen LogP contribution in [0, 0.1) is 12.8 Å². The Kier molecular flexibility index (Phi) is 5.55. The number of carbonyl (C=O) groups is 2. The fourth-order valence-corrected chi connectivity index (χ4v) is 2.83. The number of likely N-dealkylation sites (tertiary alicyclic amines) is 1. The fraction of sp³-hybridized carbons (Fsp3) is 0.529. The number of amides is 1. The summed E-state index contributed by atoms with van der Waals surface area (Å²) in [6, 6.07) is 5.27. The summed E-state index contributed by atoms with van der Waals surface area (Å²) in [5, 5.41) is 2.93. The number of benzene rings is 1. The third-order valence-electron chi connectivity index (χ3n) is 4.33. The lowest BCUT2D eigenvalue weighted by atomic mass is 9.93. The van der Waals surface area contributed by atoms with Crippen molar-refractivity contribution in [3.63, 3.8) is 0 Å². The number of esters is 1. The molecular formula is C17H24N2O3. The zero-order valence-corrected chi connectivity index (χ0v) is 13.5. The summed E-state index contributed by atoms with van der Waals surface area (Å²) in [6.45, 7) is 3.92. The minimum atomic E-state index is -0.385. The Morgan fingerprint density at radius 2 is 2.00 bits per heavy atom. The predicted octanol–water partition coefficient (Wildman–Crippen LogP) is 2.45. The van der Waals surface area contributed by atoms with E-state index in [4.69, 9.17) is 4.74 Å². The number of rotatable bonds is 4. The van der Waals surface area contributed by atoms with E-state index < -0.39 is 0 Å². The van der Waals surface area contributed by atoms with Gasteiger partial charge in [-0.15, -0.1) is 0 Å². The van der Waals surface area contributed by atoms with E-state index in [-0.39, 0.29) is 11.9 Å². The van der Waals surface area contributed by atoms with E-state index in [9.17, 15) is 9.59 Å². The molecule has 1 N–H and O–H groups in total. The molecule has 0 aromatic heterocycles. The molecule has 1 aromatic carbocycles. The van der Waals surface area contributed by atoms with E-state index in [2.05, 4.69) is 17.3 Å². The molecule has 1 aliphatic heterocycles. The van der Waals surface area contributed by atoms with E-state index >= 15 is 0 Å². The molecule has 1 aromatic rings. The van der Waals surface area contributed by atoms with Gasteiger partial charge in [0.2, 0.25) is 5.91 Å². The van der Waals surface area contributed by atoms with Crippen LogP contribution in [0.3, 0.4) is 0 Å². The molecule has 120 valence electrons. The summed E-state index contributed by atoms with van der Waals surface area (Å²) in [5.41, 5.74) is 1.91. The summed E-state index contributed by atoms with van der Waals surface area (Å²) >= 11 is 0. The van der Waals surface area contributed by atoms with Crippen molar-refractivity contribution in [3.05, 3.63) is 29.3 Å². The summed E-state index contributed by atoms with van der Waals surface area (Å²) in [4.78, 5) is 26.2. The lowest BCUT2D eigenvalue weighted by Crippen LogP contribution is -2.32. The summed E-state index contributed by atoms with van der Waals surface area (Å²) in [7, 11) is 3.46. The van der Waals surface area contributed by atoms with Gasteiger partial charge in [0.15, 0.2) is 0 Å². The van der Waals surface area contributed by atoms with Gasteiger partial charge in [0.25, 0.3) is 0 Å². The first kappa shape index (κ1) is 16.5. The molecule has 2 rings (SSSR count). The van der Waals surface area contributed by atoms with Crippen molar-refractivity contribution in [2.75, 3.05) is 32.6 Å². The van der Waals surface area contributed by atoms with E-state index in [1.54, 1.807) is 12.1 Å². The van der Waals surface area contributed by atoms with E-state index in [0.29, 0.717) is 23.6 Å². The number of nitrogens with one attached hydrogen (secondary N) is 1. The molecule has 1 heterocycles. The lowest BCUT2D eigenvalue weighted by Gasteiger charge is -2.28. The number of methoxy groups -OCH3 is 1. The highest BCUT2D eigenvalue weighted by Crippen LogP contribution is 2.23. The maximum absolute atomic E-state index is 12.2. The van der Waals surface area contributed by atoms with Gasteiger partial charge < -0.3 is 15.0 Å². The second-order valence-electron chi connectivity index (χ2n) is 5.97. The van der Waals surface area contributed by atoms with Crippen molar-refractivity contribution in [1.29, 1.82) is 0 Å². The number of carbonyl (C=O) groups excluding carboxylic acids is 2. The van der Waals surface area contributed by atoms with Crippen molar-refractivity contribution in [2.24, 2.45) is 5.92 Å². The molecule has 0 aliphatic carbocycles. The minimum Gasteiger partial charge on any atom is -0.465 e. The standard InChI is InChI=1S/C17H24N2O3/c1-12-14(17(21)22-3)5-4-6-15(12)18-16(20)11-13-7-9-19(2)10-8-13/h4-6,13H,7-11H2,1-3H3,(H,18,20). The molecule has 5 nitrogen and oxygen atoms in total. The van der Waals surface area contributed by atoms with Crippen LogP contribution in [0.15, 0.2) is 18.2 Å². The van der Waals surface area contributed by atoms with E-state index in [1.165, 1.54) is 7.11 Å². The van der Waals surface area contributed by atoms with Gasteiger partial charge in [-0.05, 0) is 63.5 Å². The molecule has 22 heavy (non-hydrogen) atoms. The zero-order valence-electron chi connectivity index (χ0n) is 13.5. The predicted molar refractivity (Wildman–Crippen MR) is 86.0 cm³/mol. The van der Waals surface area contributed by atoms with Crippen LogP contribution in [-0.4, -0.2) is 44.0 Å². The first-order valence-electron chi connectivity index (χ1n) is 7.67. The monoisotopic (exact) mass is 304 g/mol. The number of nitrogens with zero attached hydrogens (tertiary/aromatic N) is 1. The van der Waals surface area contributed by atoms with Crippen LogP contribution in [0.4, 0.5) is 5.69 Å². The molecule has 0 unspecified atom stereocenters. The molecule has 0 saturated carbocycles. The van der Waals surface area contributed by atoms with Crippen molar-refractivity contribution >= 4 is 17.6 Å². The Balaban J connectivity index is 1.98. The third kappa shape index (κ3) is 4.07. The molecule has 1 aliphatic rings. The molecule has 0 bridgehead atoms. The van der Waals surface area contributed by atoms with Crippen LogP contribution in [0.1, 0.15) is 35.2 Å². The maximum atomic E-state index is 12.2. The third-order valence-corrected chi connectivity index (χ3v) is 4.33. The summed E-state index contributed by atoms with van der Waals surface area (Å²) in [6.07, 6.45) is 2.66. The van der Waals surface area contributed by atoms with Gasteiger partial charge in [0.05, 0.1) is 12.7 Å². The van der Waals surface area contributed by atoms with Crippen LogP contribution in [-0.2, 0) is 9.53 Å². The number of piperidine rings is 1. The normalized spacial score (nSPS) is 16.3. The topological polar surface area (TPSA) is 58.6 Å². The number of hydrogen-bond donors (Lipinski definition) is 1. The second kappa shape index (κ2) is 7.40. The SMILES string of the molecule is COC(=O)c1cccc(NC(=O)CC2CCN(C)CC2)c1C. The molecule has 0 radical (unpaired) electrons. The first-order valence-corrected chi connectivity index (χ1v) is 7.67. The van der Waals surface area contributed by atoms with Crippen LogP contribution in [0.25, 0.3) is 0 Å². The van der Waals surface area contributed by atoms with Crippen LogP contribution in [0.2, 0.25) is 0 Å². The lowest BCUT2D eigenvalue weighted by molar-refractivity contribution is -0.117. The summed E-state index contributed by atoms with van der Waals surface area (Å²) in [5.74, 6) is 0.0730. The summed E-state index contributed by atoms with van der Waals surface area (Å²) < 4.78 is 4.75. The van der Waals surface area contributed by atoms with Gasteiger partial charge in [0, 0.05) is 12.1 Å². The zero-order chi connectivity index (χ0) is 16.1. The minimum absolute atomic E-state index is 0.0136. The van der Waals surface area contributed by atoms with Gasteiger partial charge in [-0.2, -0.15) is 0 Å². The Bertz CT molecular complexity index is 549. The molecule has 5 heteroatoms. The average molecular weight is 304 g/mol. The van der Waals surface area contributed by atoms with E-state index in [0.717, 1.165) is 31.5 Å². The number of hydrogen-bond acceptors (Lipinski definition) is 4. The highest BCUT2D eigenvalue weighted by molar-refractivity contribution is 5.96. The van der Waals surface area contributed by atoms with Gasteiger partial charge in [0.1, 0.15) is 0 Å². The quantitative estimate of drug-likeness (QED) is 0.868. The Labute approximate surface area is 131 Å². The van der Waals surface area contributed by atoms with Gasteiger partial charge in [-0.1, -0.05) is 6.07 Å². The van der Waals surface area contributed by atoms with Crippen LogP contribution in [0.5, 0.6) is 0 Å². The van der Waals surface area contributed by atoms with Crippen molar-refractivity contribution in [2.45, 2.75) is 26.2 Å².